The van der Waals surface area contributed by atoms with Crippen molar-refractivity contribution in [1.82, 2.24) is 9.88 Å². The number of ether oxygens (including phenoxy) is 1. The molecule has 0 amide bonds. The smallest absolute Gasteiger partial charge is 0.475 e. The highest BCUT2D eigenvalue weighted by atomic mass is 32.2. The number of aliphatic carboxylic acids is 2. The van der Waals surface area contributed by atoms with Gasteiger partial charge in [-0.1, -0.05) is 18.9 Å². The lowest BCUT2D eigenvalue weighted by molar-refractivity contribution is -0.193. The van der Waals surface area contributed by atoms with Crippen molar-refractivity contribution in [2.24, 2.45) is 0 Å². The Hall–Kier alpha value is -2.06. The molecule has 36 heavy (non-hydrogen) atoms. The molecule has 0 radical (unpaired) electrons. The Morgan fingerprint density at radius 3 is 2.08 bits per heavy atom. The first kappa shape index (κ1) is 30.2. The van der Waals surface area contributed by atoms with Crippen molar-refractivity contribution in [3.8, 4) is 0 Å². The summed E-state index contributed by atoms with van der Waals surface area (Å²) in [4.78, 5) is 25.0. The number of aryl methyl sites for hydroxylation is 1. The number of aromatic nitrogens is 1. The summed E-state index contributed by atoms with van der Waals surface area (Å²) in [6, 6.07) is 7.06. The van der Waals surface area contributed by atoms with Crippen LogP contribution in [0.2, 0.25) is 0 Å². The van der Waals surface area contributed by atoms with Crippen LogP contribution in [0, 0.1) is 6.92 Å². The molecule has 2 aliphatic heterocycles. The van der Waals surface area contributed by atoms with Crippen LogP contribution in [0.25, 0.3) is 0 Å². The second-order valence-electron chi connectivity index (χ2n) is 8.85. The first-order chi connectivity index (χ1) is 16.6. The third-order valence-corrected chi connectivity index (χ3v) is 7.47. The van der Waals surface area contributed by atoms with Crippen molar-refractivity contribution >= 4 is 23.7 Å². The molecule has 3 heterocycles. The van der Waals surface area contributed by atoms with E-state index in [1.807, 2.05) is 13.0 Å². The molecule has 0 aromatic carbocycles. The monoisotopic (exact) mass is 546 g/mol. The van der Waals surface area contributed by atoms with Crippen LogP contribution < -0.4 is 0 Å². The van der Waals surface area contributed by atoms with E-state index >= 15 is 0 Å². The number of thioether (sulfide) groups is 1. The van der Waals surface area contributed by atoms with Crippen LogP contribution in [0.5, 0.6) is 0 Å². The summed E-state index contributed by atoms with van der Waals surface area (Å²) in [5, 5.41) is 14.2. The molecule has 1 aliphatic carbocycles. The summed E-state index contributed by atoms with van der Waals surface area (Å²) in [7, 11) is 0. The fraction of sp³-hybridized carbons (Fsp3) is 0.682. The summed E-state index contributed by atoms with van der Waals surface area (Å²) in [5.74, 6) is -4.36. The van der Waals surface area contributed by atoms with Gasteiger partial charge in [0.1, 0.15) is 0 Å². The van der Waals surface area contributed by atoms with Crippen molar-refractivity contribution < 1.29 is 50.9 Å². The van der Waals surface area contributed by atoms with E-state index in [2.05, 4.69) is 33.8 Å². The second kappa shape index (κ2) is 12.5. The van der Waals surface area contributed by atoms with Gasteiger partial charge in [0.25, 0.3) is 0 Å². The Kier molecular flexibility index (Phi) is 10.4. The molecule has 204 valence electrons. The number of pyridine rings is 1. The van der Waals surface area contributed by atoms with E-state index in [4.69, 9.17) is 24.5 Å². The van der Waals surface area contributed by atoms with Crippen LogP contribution >= 0.6 is 11.8 Å². The van der Waals surface area contributed by atoms with Gasteiger partial charge in [-0.05, 0) is 38.3 Å². The molecule has 1 aromatic rings. The fourth-order valence-corrected chi connectivity index (χ4v) is 5.81. The minimum Gasteiger partial charge on any atom is -0.475 e. The van der Waals surface area contributed by atoms with Crippen molar-refractivity contribution in [3.05, 3.63) is 29.6 Å². The number of nitrogens with zero attached hydrogens (tertiary/aromatic N) is 2. The highest BCUT2D eigenvalue weighted by molar-refractivity contribution is 8.01. The average Bonchev–Trinajstić information content (AvgIpc) is 3.41. The third kappa shape index (κ3) is 9.43. The number of hydrogen-bond donors (Lipinski definition) is 2. The van der Waals surface area contributed by atoms with Crippen molar-refractivity contribution in [2.75, 3.05) is 18.8 Å². The minimum atomic E-state index is -5.08. The minimum absolute atomic E-state index is 0.415. The average molecular weight is 547 g/mol. The summed E-state index contributed by atoms with van der Waals surface area (Å²) < 4.78 is 70.1. The maximum atomic E-state index is 10.6. The maximum absolute atomic E-state index is 10.6. The zero-order valence-corrected chi connectivity index (χ0v) is 20.3. The van der Waals surface area contributed by atoms with Crippen molar-refractivity contribution in [1.29, 1.82) is 0 Å². The van der Waals surface area contributed by atoms with Gasteiger partial charge in [-0.25, -0.2) is 9.59 Å². The zero-order valence-electron chi connectivity index (χ0n) is 19.4. The largest absolute Gasteiger partial charge is 0.490 e. The predicted octanol–water partition coefficient (Wildman–Crippen LogP) is 4.68. The Morgan fingerprint density at radius 2 is 1.61 bits per heavy atom. The van der Waals surface area contributed by atoms with E-state index in [0.717, 1.165) is 23.2 Å². The number of carboxylic acids is 2. The van der Waals surface area contributed by atoms with E-state index in [1.165, 1.54) is 45.2 Å². The lowest BCUT2D eigenvalue weighted by atomic mass is 9.91. The molecule has 7 nitrogen and oxygen atoms in total. The van der Waals surface area contributed by atoms with Crippen LogP contribution in [0.15, 0.2) is 18.2 Å². The van der Waals surface area contributed by atoms with Gasteiger partial charge in [-0.15, -0.1) is 11.8 Å². The standard InChI is InChI=1S/C18H26N2OS.2C2HF3O2/c1-14-5-4-6-15(19-14)10-21-17-9-18(22-11-17)12-20(13-18)16-7-2-3-8-16;2*3-2(4,5)1(6)7/h4-6,16-17H,2-3,7-13H2,1H3;2*(H,6,7). The van der Waals surface area contributed by atoms with Crippen LogP contribution in [-0.4, -0.2) is 80.1 Å². The highest BCUT2D eigenvalue weighted by Crippen LogP contribution is 2.48. The van der Waals surface area contributed by atoms with Crippen molar-refractivity contribution in [3.63, 3.8) is 0 Å². The molecule has 3 fully saturated rings. The van der Waals surface area contributed by atoms with Gasteiger partial charge in [0.05, 0.1) is 18.4 Å². The maximum Gasteiger partial charge on any atom is 0.490 e. The lowest BCUT2D eigenvalue weighted by Crippen LogP contribution is -2.61. The summed E-state index contributed by atoms with van der Waals surface area (Å²) >= 11 is 2.15. The number of alkyl halides is 6. The van der Waals surface area contributed by atoms with E-state index in [1.54, 1.807) is 0 Å². The second-order valence-corrected chi connectivity index (χ2v) is 10.3. The Morgan fingerprint density at radius 1 is 1.08 bits per heavy atom. The fourth-order valence-electron chi connectivity index (χ4n) is 4.23. The van der Waals surface area contributed by atoms with Crippen LogP contribution in [0.1, 0.15) is 43.5 Å². The topological polar surface area (TPSA) is 100.0 Å². The number of likely N-dealkylation sites (tertiary alicyclic amines) is 1. The summed E-state index contributed by atoms with van der Waals surface area (Å²) in [5.41, 5.74) is 2.14. The third-order valence-electron chi connectivity index (χ3n) is 5.90. The molecule has 1 saturated carbocycles. The number of carbonyl (C=O) groups is 2. The van der Waals surface area contributed by atoms with E-state index in [-0.39, 0.29) is 0 Å². The molecule has 4 rings (SSSR count). The molecule has 1 aromatic heterocycles. The van der Waals surface area contributed by atoms with Crippen LogP contribution in [0.4, 0.5) is 26.3 Å². The Balaban J connectivity index is 0.000000271. The quantitative estimate of drug-likeness (QED) is 0.526. The first-order valence-electron chi connectivity index (χ1n) is 11.1. The summed E-state index contributed by atoms with van der Waals surface area (Å²) in [6.07, 6.45) is -2.78. The van der Waals surface area contributed by atoms with Gasteiger partial charge in [0, 0.05) is 35.3 Å². The Labute approximate surface area is 208 Å². The number of rotatable bonds is 4. The SMILES string of the molecule is Cc1cccc(COC2CSC3(C2)CN(C2CCCC2)C3)n1.O=C(O)C(F)(F)F.O=C(O)C(F)(F)F. The van der Waals surface area contributed by atoms with Gasteiger partial charge in [-0.3, -0.25) is 9.88 Å². The summed E-state index contributed by atoms with van der Waals surface area (Å²) in [6.45, 7) is 5.29. The molecule has 2 saturated heterocycles. The molecular formula is C22H28F6N2O5S. The molecule has 14 heteroatoms. The molecule has 3 aliphatic rings. The van der Waals surface area contributed by atoms with E-state index in [9.17, 15) is 26.3 Å². The number of halogens is 6. The number of hydrogen-bond acceptors (Lipinski definition) is 6. The van der Waals surface area contributed by atoms with Gasteiger partial charge >= 0.3 is 24.3 Å². The Bertz CT molecular complexity index is 862. The molecule has 2 N–H and O–H groups in total. The molecule has 1 atom stereocenters. The normalized spacial score (nSPS) is 21.7. The highest BCUT2D eigenvalue weighted by Gasteiger charge is 2.51. The van der Waals surface area contributed by atoms with Gasteiger partial charge < -0.3 is 14.9 Å². The van der Waals surface area contributed by atoms with E-state index < -0.39 is 24.3 Å². The first-order valence-corrected chi connectivity index (χ1v) is 12.1. The van der Waals surface area contributed by atoms with Crippen molar-refractivity contribution in [2.45, 2.75) is 74.9 Å². The van der Waals surface area contributed by atoms with Gasteiger partial charge in [0.2, 0.25) is 0 Å². The van der Waals surface area contributed by atoms with Gasteiger partial charge in [0.15, 0.2) is 0 Å². The van der Waals surface area contributed by atoms with Gasteiger partial charge in [-0.2, -0.15) is 26.3 Å². The van der Waals surface area contributed by atoms with Crippen LogP contribution in [-0.2, 0) is 20.9 Å². The number of carboxylic acid groups (broad SMARTS) is 2. The molecule has 1 spiro atoms. The van der Waals surface area contributed by atoms with Crippen LogP contribution in [0.3, 0.4) is 0 Å². The predicted molar refractivity (Wildman–Crippen MR) is 119 cm³/mol. The lowest BCUT2D eigenvalue weighted by Gasteiger charge is -2.50. The van der Waals surface area contributed by atoms with E-state index in [0.29, 0.717) is 17.5 Å². The molecule has 1 unspecified atom stereocenters. The zero-order chi connectivity index (χ0) is 27.1. The molecule has 0 bridgehead atoms. The molecular weight excluding hydrogens is 518 g/mol.